The average molecular weight is 1290 g/mol. The minimum atomic E-state index is -8.88. The molecule has 1 unspecified atom stereocenters. The third-order valence-electron chi connectivity index (χ3n) is 10.5. The molecule has 0 aliphatic heterocycles. The van der Waals surface area contributed by atoms with Gasteiger partial charge in [-0.15, -0.1) is 0 Å². The van der Waals surface area contributed by atoms with Crippen molar-refractivity contribution in [3.63, 3.8) is 0 Å². The van der Waals surface area contributed by atoms with Crippen LogP contribution in [-0.2, 0) is 32.7 Å². The molecule has 80 heavy (non-hydrogen) atoms. The lowest BCUT2D eigenvalue weighted by Crippen LogP contribution is -2.74. The van der Waals surface area contributed by atoms with E-state index in [0.717, 1.165) is 0 Å². The van der Waals surface area contributed by atoms with Gasteiger partial charge in [0.1, 0.15) is 19.8 Å². The summed E-state index contributed by atoms with van der Waals surface area (Å²) in [5.74, 6) is -120. The second kappa shape index (κ2) is 24.3. The van der Waals surface area contributed by atoms with Gasteiger partial charge in [-0.2, -0.15) is 149 Å². The molecule has 0 aromatic carbocycles. The standard InChI is InChI=1S/C36H38F34NO8P/c1-71(2,3)14-15-77-80(74,75)78-17-18(79-20(73)11-7-5-9-13-22(39,40)24(43,44)26(47,48)28(51,52)30(55,56)32(59,60)34(63,64)36(68,69)70)16-76-19(72)10-6-4-8-12-21(37,38)23(41,42)25(45,46)27(49,50)29(53,54)31(57,58)33(61,62)35(65,66)67/h18H,4-17H2,1-3H3/t18-/m1/s1. The Morgan fingerprint density at radius 3 is 0.988 bits per heavy atom. The zero-order chi connectivity index (χ0) is 64.5. The molecule has 0 heterocycles. The van der Waals surface area contributed by atoms with E-state index in [0.29, 0.717) is 0 Å². The van der Waals surface area contributed by atoms with Crippen LogP contribution in [-0.4, -0.2) is 165 Å². The predicted molar refractivity (Wildman–Crippen MR) is 191 cm³/mol. The molecule has 0 aromatic heterocycles. The molecule has 44 heteroatoms. The number of quaternary nitrogens is 1. The second-order valence-corrected chi connectivity index (χ2v) is 19.2. The highest BCUT2D eigenvalue weighted by Crippen LogP contribution is 2.66. The van der Waals surface area contributed by atoms with Gasteiger partial charge in [0.15, 0.2) is 6.10 Å². The maximum atomic E-state index is 14.2. The molecule has 9 nitrogen and oxygen atoms in total. The van der Waals surface area contributed by atoms with Crippen LogP contribution in [0.2, 0.25) is 0 Å². The largest absolute Gasteiger partial charge is 0.756 e. The first-order chi connectivity index (χ1) is 34.8. The highest BCUT2D eigenvalue weighted by Gasteiger charge is 2.97. The number of hydrogen-bond donors (Lipinski definition) is 0. The van der Waals surface area contributed by atoms with Crippen LogP contribution in [0.3, 0.4) is 0 Å². The Balaban J connectivity index is 6.01. The summed E-state index contributed by atoms with van der Waals surface area (Å²) in [7, 11) is -0.939. The SMILES string of the molecule is C[N+](C)(C)CCOP(=O)([O-])OC[C@@H](COC(=O)CCCCCC(F)(F)C(F)(F)C(F)(F)C(F)(F)C(F)(F)C(F)(F)C(F)(F)C(F)(F)F)OC(=O)CCCCCC(F)(F)C(F)(F)C(F)(F)C(F)(F)C(F)(F)C(F)(F)C(F)(F)C(F)(F)F. The van der Waals surface area contributed by atoms with Crippen LogP contribution in [0.5, 0.6) is 0 Å². The molecule has 478 valence electrons. The lowest BCUT2D eigenvalue weighted by atomic mass is 9.88. The average Bonchev–Trinajstić information content (AvgIpc) is 3.24. The predicted octanol–water partition coefficient (Wildman–Crippen LogP) is 13.6. The first kappa shape index (κ1) is 76.6. The fraction of sp³-hybridized carbons (Fsp3) is 0.944. The molecule has 0 spiro atoms. The molecular weight excluding hydrogens is 1250 g/mol. The van der Waals surface area contributed by atoms with E-state index in [1.807, 2.05) is 0 Å². The maximum absolute atomic E-state index is 14.2. The van der Waals surface area contributed by atoms with E-state index in [2.05, 4.69) is 18.5 Å². The summed E-state index contributed by atoms with van der Waals surface area (Å²) in [5, 5.41) is 0. The molecule has 0 amide bonds. The van der Waals surface area contributed by atoms with E-state index in [9.17, 15) is 168 Å². The summed E-state index contributed by atoms with van der Waals surface area (Å²) < 4.78 is 490. The zero-order valence-corrected chi connectivity index (χ0v) is 40.4. The van der Waals surface area contributed by atoms with Crippen LogP contribution >= 0.6 is 7.82 Å². The van der Waals surface area contributed by atoms with Gasteiger partial charge in [-0.05, 0) is 25.7 Å². The number of carbonyl (C=O) groups excluding carboxylic acids is 2. The van der Waals surface area contributed by atoms with Crippen molar-refractivity contribution >= 4 is 19.8 Å². The fourth-order valence-corrected chi connectivity index (χ4v) is 6.28. The van der Waals surface area contributed by atoms with E-state index in [1.54, 1.807) is 0 Å². The number of alkyl halides is 34. The highest BCUT2D eigenvalue weighted by atomic mass is 31.2. The van der Waals surface area contributed by atoms with Crippen LogP contribution in [0.15, 0.2) is 0 Å². The maximum Gasteiger partial charge on any atom is 0.460 e. The zero-order valence-electron chi connectivity index (χ0n) is 39.5. The van der Waals surface area contributed by atoms with Gasteiger partial charge < -0.3 is 27.9 Å². The minimum Gasteiger partial charge on any atom is -0.756 e. The Morgan fingerprint density at radius 2 is 0.688 bits per heavy atom. The number of ether oxygens (including phenoxy) is 2. The quantitative estimate of drug-likeness (QED) is 0.0206. The molecular formula is C36H38F34NO8P. The van der Waals surface area contributed by atoms with Crippen molar-refractivity contribution in [3.05, 3.63) is 0 Å². The van der Waals surface area contributed by atoms with Gasteiger partial charge in [0.25, 0.3) is 7.82 Å². The summed E-state index contributed by atoms with van der Waals surface area (Å²) in [6, 6.07) is 0. The molecule has 0 saturated carbocycles. The summed E-state index contributed by atoms with van der Waals surface area (Å²) in [5.41, 5.74) is 0. The van der Waals surface area contributed by atoms with Gasteiger partial charge >= 0.3 is 107 Å². The molecule has 0 aliphatic rings. The van der Waals surface area contributed by atoms with Crippen molar-refractivity contribution in [2.45, 2.75) is 166 Å². The summed E-state index contributed by atoms with van der Waals surface area (Å²) >= 11 is 0. The Labute approximate surface area is 424 Å². The Bertz CT molecular complexity index is 2110. The number of carbonyl (C=O) groups is 2. The Hall–Kier alpha value is -3.37. The Kier molecular flexibility index (Phi) is 23.3. The molecule has 0 aromatic rings. The highest BCUT2D eigenvalue weighted by molar-refractivity contribution is 7.45. The Morgan fingerprint density at radius 1 is 0.400 bits per heavy atom. The summed E-state index contributed by atoms with van der Waals surface area (Å²) in [6.45, 7) is -3.61. The van der Waals surface area contributed by atoms with E-state index in [4.69, 9.17) is 0 Å². The summed E-state index contributed by atoms with van der Waals surface area (Å²) in [4.78, 5) is 36.8. The molecule has 0 aliphatic carbocycles. The van der Waals surface area contributed by atoms with Crippen LogP contribution in [0.4, 0.5) is 149 Å². The third-order valence-corrected chi connectivity index (χ3v) is 11.4. The number of rotatable bonds is 34. The molecule has 2 atom stereocenters. The van der Waals surface area contributed by atoms with Crippen molar-refractivity contribution < 1.29 is 191 Å². The van der Waals surface area contributed by atoms with E-state index >= 15 is 0 Å². The van der Waals surface area contributed by atoms with Crippen molar-refractivity contribution in [3.8, 4) is 0 Å². The van der Waals surface area contributed by atoms with Crippen LogP contribution < -0.4 is 4.89 Å². The van der Waals surface area contributed by atoms with Gasteiger partial charge in [0.05, 0.1) is 27.7 Å². The summed E-state index contributed by atoms with van der Waals surface area (Å²) in [6.07, 6.45) is -34.1. The number of likely N-dealkylation sites (N-methyl/N-ethyl adjacent to an activating group) is 1. The molecule has 0 saturated heterocycles. The lowest BCUT2D eigenvalue weighted by molar-refractivity contribution is -0.870. The number of phosphoric ester groups is 1. The number of hydrogen-bond acceptors (Lipinski definition) is 8. The second-order valence-electron chi connectivity index (χ2n) is 17.8. The minimum absolute atomic E-state index is 0.0366. The molecule has 0 bridgehead atoms. The van der Waals surface area contributed by atoms with Crippen molar-refractivity contribution in [1.82, 2.24) is 0 Å². The van der Waals surface area contributed by atoms with E-state index < -0.39 is 205 Å². The van der Waals surface area contributed by atoms with Crippen LogP contribution in [0.1, 0.15) is 64.2 Å². The van der Waals surface area contributed by atoms with E-state index in [-0.39, 0.29) is 11.0 Å². The number of halogens is 34. The van der Waals surface area contributed by atoms with Crippen molar-refractivity contribution in [1.29, 1.82) is 0 Å². The first-order valence-corrected chi connectivity index (χ1v) is 22.4. The molecule has 0 N–H and O–H groups in total. The first-order valence-electron chi connectivity index (χ1n) is 21.0. The van der Waals surface area contributed by atoms with Crippen LogP contribution in [0, 0.1) is 0 Å². The number of phosphoric acid groups is 1. The fourth-order valence-electron chi connectivity index (χ4n) is 5.55. The molecule has 0 fully saturated rings. The number of esters is 2. The molecule has 0 rings (SSSR count). The van der Waals surface area contributed by atoms with Crippen LogP contribution in [0.25, 0.3) is 0 Å². The third kappa shape index (κ3) is 15.1. The van der Waals surface area contributed by atoms with E-state index in [1.165, 1.54) is 21.1 Å². The van der Waals surface area contributed by atoms with Gasteiger partial charge in [-0.1, -0.05) is 12.8 Å². The number of nitrogens with zero attached hydrogens (tertiary/aromatic N) is 1. The van der Waals surface area contributed by atoms with Gasteiger partial charge in [0.2, 0.25) is 0 Å². The normalized spacial score (nSPS) is 16.6. The van der Waals surface area contributed by atoms with Crippen molar-refractivity contribution in [2.75, 3.05) is 47.5 Å². The lowest BCUT2D eigenvalue weighted by Gasteiger charge is -2.42. The van der Waals surface area contributed by atoms with Gasteiger partial charge in [0, 0.05) is 25.7 Å². The van der Waals surface area contributed by atoms with Gasteiger partial charge in [-0.3, -0.25) is 14.2 Å². The topological polar surface area (TPSA) is 111 Å². The van der Waals surface area contributed by atoms with Crippen molar-refractivity contribution in [2.24, 2.45) is 0 Å². The smallest absolute Gasteiger partial charge is 0.460 e. The molecule has 0 radical (unpaired) electrons. The number of unbranched alkanes of at least 4 members (excludes halogenated alkanes) is 4. The van der Waals surface area contributed by atoms with Gasteiger partial charge in [-0.25, -0.2) is 0 Å². The monoisotopic (exact) mass is 1290 g/mol.